The highest BCUT2D eigenvalue weighted by Gasteiger charge is 2.19. The minimum atomic E-state index is -4.03. The first kappa shape index (κ1) is 18.1. The van der Waals surface area contributed by atoms with Crippen LogP contribution in [0.4, 0.5) is 10.1 Å². The van der Waals surface area contributed by atoms with Gasteiger partial charge in [0.05, 0.1) is 23.1 Å². The third-order valence-electron chi connectivity index (χ3n) is 3.00. The number of aromatic hydroxyl groups is 1. The lowest BCUT2D eigenvalue weighted by Crippen LogP contribution is -2.18. The molecule has 2 aromatic rings. The van der Waals surface area contributed by atoms with Crippen molar-refractivity contribution in [2.45, 2.75) is 4.90 Å². The fourth-order valence-electron chi connectivity index (χ4n) is 1.82. The number of hydrazone groups is 1. The van der Waals surface area contributed by atoms with Gasteiger partial charge in [0.25, 0.3) is 10.0 Å². The quantitative estimate of drug-likeness (QED) is 0.453. The van der Waals surface area contributed by atoms with E-state index in [0.29, 0.717) is 0 Å². The molecule has 0 radical (unpaired) electrons. The van der Waals surface area contributed by atoms with Gasteiger partial charge in [0, 0.05) is 11.6 Å². The van der Waals surface area contributed by atoms with Gasteiger partial charge in [0.2, 0.25) is 5.75 Å². The second kappa shape index (κ2) is 7.13. The van der Waals surface area contributed by atoms with Crippen molar-refractivity contribution in [2.24, 2.45) is 5.10 Å². The van der Waals surface area contributed by atoms with E-state index >= 15 is 0 Å². The number of methoxy groups -OCH3 is 1. The van der Waals surface area contributed by atoms with E-state index < -0.39 is 32.2 Å². The van der Waals surface area contributed by atoms with Crippen molar-refractivity contribution in [3.05, 3.63) is 57.9 Å². The smallest absolute Gasteiger partial charge is 0.315 e. The number of nitrogens with zero attached hydrogens (tertiary/aromatic N) is 2. The number of rotatable bonds is 6. The van der Waals surface area contributed by atoms with E-state index in [1.54, 1.807) is 0 Å². The van der Waals surface area contributed by atoms with Gasteiger partial charge in [-0.1, -0.05) is 0 Å². The standard InChI is InChI=1S/C14H12FN3O6S/c1-24-13-7-9(6-12(14(13)19)18(20)21)8-16-17-25(22,23)11-4-2-10(15)3-5-11/h2-8,17,19H,1H3/b16-8+. The summed E-state index contributed by atoms with van der Waals surface area (Å²) in [5, 5.41) is 24.0. The van der Waals surface area contributed by atoms with Crippen molar-refractivity contribution < 1.29 is 27.6 Å². The van der Waals surface area contributed by atoms with Crippen molar-refractivity contribution in [1.82, 2.24) is 4.83 Å². The summed E-state index contributed by atoms with van der Waals surface area (Å²) in [5.41, 5.74) is -0.509. The summed E-state index contributed by atoms with van der Waals surface area (Å²) < 4.78 is 41.6. The van der Waals surface area contributed by atoms with Crippen LogP contribution in [0.3, 0.4) is 0 Å². The zero-order valence-electron chi connectivity index (χ0n) is 12.7. The van der Waals surface area contributed by atoms with Gasteiger partial charge in [-0.3, -0.25) is 10.1 Å². The van der Waals surface area contributed by atoms with Gasteiger partial charge in [-0.25, -0.2) is 9.22 Å². The van der Waals surface area contributed by atoms with Crippen LogP contribution in [0.15, 0.2) is 46.4 Å². The monoisotopic (exact) mass is 369 g/mol. The maximum atomic E-state index is 12.8. The molecule has 0 aliphatic carbocycles. The minimum absolute atomic E-state index is 0.114. The van der Waals surface area contributed by atoms with Crippen molar-refractivity contribution >= 4 is 21.9 Å². The van der Waals surface area contributed by atoms with E-state index in [0.717, 1.165) is 36.5 Å². The van der Waals surface area contributed by atoms with Gasteiger partial charge in [0.1, 0.15) is 5.82 Å². The number of halogens is 1. The predicted octanol–water partition coefficient (Wildman–Crippen LogP) is 1.76. The predicted molar refractivity (Wildman–Crippen MR) is 85.6 cm³/mol. The Morgan fingerprint density at radius 2 is 1.96 bits per heavy atom. The topological polar surface area (TPSA) is 131 Å². The number of ether oxygens (including phenoxy) is 1. The number of nitro groups is 1. The lowest BCUT2D eigenvalue weighted by Gasteiger charge is -2.05. The number of nitro benzene ring substituents is 1. The van der Waals surface area contributed by atoms with E-state index in [9.17, 15) is 28.0 Å². The fourth-order valence-corrected chi connectivity index (χ4v) is 2.61. The summed E-state index contributed by atoms with van der Waals surface area (Å²) in [6.07, 6.45) is 0.996. The van der Waals surface area contributed by atoms with Gasteiger partial charge in [-0.2, -0.15) is 13.5 Å². The molecule has 25 heavy (non-hydrogen) atoms. The van der Waals surface area contributed by atoms with Crippen LogP contribution < -0.4 is 9.57 Å². The van der Waals surface area contributed by atoms with E-state index in [-0.39, 0.29) is 16.2 Å². The number of hydrogen-bond donors (Lipinski definition) is 2. The molecule has 0 aromatic heterocycles. The molecule has 0 amide bonds. The Morgan fingerprint density at radius 3 is 2.52 bits per heavy atom. The molecule has 132 valence electrons. The summed E-state index contributed by atoms with van der Waals surface area (Å²) in [4.78, 5) is 11.8. The zero-order chi connectivity index (χ0) is 18.6. The van der Waals surface area contributed by atoms with Gasteiger partial charge in [-0.05, 0) is 30.3 Å². The third-order valence-corrected chi connectivity index (χ3v) is 4.24. The number of phenols is 1. The van der Waals surface area contributed by atoms with Crippen molar-refractivity contribution in [3.8, 4) is 11.5 Å². The third kappa shape index (κ3) is 4.20. The van der Waals surface area contributed by atoms with Crippen LogP contribution in [0, 0.1) is 15.9 Å². The molecule has 0 saturated heterocycles. The average Bonchev–Trinajstić information content (AvgIpc) is 2.56. The Kier molecular flexibility index (Phi) is 5.17. The highest BCUT2D eigenvalue weighted by atomic mass is 32.2. The number of phenolic OH excluding ortho intramolecular Hbond substituents is 1. The summed E-state index contributed by atoms with van der Waals surface area (Å²) in [7, 11) is -2.82. The van der Waals surface area contributed by atoms with Crippen LogP contribution in [-0.4, -0.2) is 31.8 Å². The Labute approximate surface area is 141 Å². The summed E-state index contributed by atoms with van der Waals surface area (Å²) in [6.45, 7) is 0. The van der Waals surface area contributed by atoms with Crippen molar-refractivity contribution in [2.75, 3.05) is 7.11 Å². The molecule has 2 aromatic carbocycles. The number of hydrogen-bond acceptors (Lipinski definition) is 7. The highest BCUT2D eigenvalue weighted by molar-refractivity contribution is 7.89. The first-order chi connectivity index (χ1) is 11.7. The van der Waals surface area contributed by atoms with Crippen LogP contribution >= 0.6 is 0 Å². The number of nitrogens with one attached hydrogen (secondary N) is 1. The van der Waals surface area contributed by atoms with Crippen molar-refractivity contribution in [1.29, 1.82) is 0 Å². The molecule has 2 rings (SSSR count). The first-order valence-electron chi connectivity index (χ1n) is 6.60. The van der Waals surface area contributed by atoms with E-state index in [1.165, 1.54) is 13.2 Å². The van der Waals surface area contributed by atoms with Gasteiger partial charge >= 0.3 is 5.69 Å². The molecule has 0 atom stereocenters. The summed E-state index contributed by atoms with van der Waals surface area (Å²) in [5.74, 6) is -1.42. The van der Waals surface area contributed by atoms with Crippen LogP contribution in [0.25, 0.3) is 0 Å². The molecular formula is C14H12FN3O6S. The fraction of sp³-hybridized carbons (Fsp3) is 0.0714. The maximum Gasteiger partial charge on any atom is 0.315 e. The summed E-state index contributed by atoms with van der Waals surface area (Å²) in [6, 6.07) is 6.30. The van der Waals surface area contributed by atoms with E-state index in [2.05, 4.69) is 5.10 Å². The summed E-state index contributed by atoms with van der Waals surface area (Å²) >= 11 is 0. The molecule has 0 aliphatic heterocycles. The molecule has 0 aliphatic rings. The second-order valence-corrected chi connectivity index (χ2v) is 6.32. The number of sulfonamides is 1. The molecule has 0 heterocycles. The van der Waals surface area contributed by atoms with Gasteiger partial charge in [-0.15, -0.1) is 0 Å². The zero-order valence-corrected chi connectivity index (χ0v) is 13.5. The Hall–Kier alpha value is -3.21. The Morgan fingerprint density at radius 1 is 1.32 bits per heavy atom. The molecule has 9 nitrogen and oxygen atoms in total. The normalized spacial score (nSPS) is 11.4. The molecule has 0 fully saturated rings. The number of benzene rings is 2. The van der Waals surface area contributed by atoms with Crippen LogP contribution in [0.5, 0.6) is 11.5 Å². The molecule has 0 saturated carbocycles. The van der Waals surface area contributed by atoms with Crippen LogP contribution in [0.1, 0.15) is 5.56 Å². The highest BCUT2D eigenvalue weighted by Crippen LogP contribution is 2.36. The molecule has 11 heteroatoms. The average molecular weight is 369 g/mol. The SMILES string of the molecule is COc1cc(/C=N/NS(=O)(=O)c2ccc(F)cc2)cc([N+](=O)[O-])c1O. The molecular weight excluding hydrogens is 357 g/mol. The molecule has 2 N–H and O–H groups in total. The van der Waals surface area contributed by atoms with E-state index in [4.69, 9.17) is 4.74 Å². The van der Waals surface area contributed by atoms with Gasteiger partial charge in [0.15, 0.2) is 5.75 Å². The lowest BCUT2D eigenvalue weighted by molar-refractivity contribution is -0.386. The van der Waals surface area contributed by atoms with Crippen LogP contribution in [0.2, 0.25) is 0 Å². The van der Waals surface area contributed by atoms with Crippen molar-refractivity contribution in [3.63, 3.8) is 0 Å². The molecule has 0 bridgehead atoms. The maximum absolute atomic E-state index is 12.8. The Balaban J connectivity index is 2.26. The second-order valence-electron chi connectivity index (χ2n) is 4.65. The minimum Gasteiger partial charge on any atom is -0.500 e. The van der Waals surface area contributed by atoms with E-state index in [1.807, 2.05) is 4.83 Å². The van der Waals surface area contributed by atoms with Crippen LogP contribution in [-0.2, 0) is 10.0 Å². The Bertz CT molecular complexity index is 928. The lowest BCUT2D eigenvalue weighted by atomic mass is 10.2. The molecule has 0 spiro atoms. The first-order valence-corrected chi connectivity index (χ1v) is 8.09. The largest absolute Gasteiger partial charge is 0.500 e. The van der Waals surface area contributed by atoms with Gasteiger partial charge < -0.3 is 9.84 Å². The molecule has 0 unspecified atom stereocenters.